The van der Waals surface area contributed by atoms with E-state index in [-0.39, 0.29) is 60.4 Å². The van der Waals surface area contributed by atoms with E-state index in [1.807, 2.05) is 11.8 Å². The first kappa shape index (κ1) is 36.9. The second-order valence-electron chi connectivity index (χ2n) is 14.5. The van der Waals surface area contributed by atoms with E-state index in [9.17, 15) is 18.0 Å². The Kier molecular flexibility index (Phi) is 9.61. The van der Waals surface area contributed by atoms with Gasteiger partial charge in [0.15, 0.2) is 11.5 Å². The molecule has 7 rings (SSSR count). The van der Waals surface area contributed by atoms with Crippen LogP contribution in [-0.4, -0.2) is 80.8 Å². The third kappa shape index (κ3) is 6.59. The van der Waals surface area contributed by atoms with Crippen molar-refractivity contribution in [3.05, 3.63) is 68.4 Å². The smallest absolute Gasteiger partial charge is 0.418 e. The molecule has 53 heavy (non-hydrogen) atoms. The van der Waals surface area contributed by atoms with Crippen molar-refractivity contribution >= 4 is 29.0 Å². The molecule has 3 aromatic rings. The molecule has 0 bridgehead atoms. The van der Waals surface area contributed by atoms with Crippen molar-refractivity contribution < 1.29 is 31.8 Å². The van der Waals surface area contributed by atoms with E-state index >= 15 is 4.39 Å². The van der Waals surface area contributed by atoms with Crippen LogP contribution in [-0.2, 0) is 37.0 Å². The van der Waals surface area contributed by atoms with Crippen LogP contribution in [0.2, 0.25) is 5.02 Å². The molecule has 1 amide bonds. The molecule has 16 heteroatoms. The van der Waals surface area contributed by atoms with E-state index in [1.165, 1.54) is 11.8 Å². The predicted octanol–water partition coefficient (Wildman–Crippen LogP) is 5.93. The number of alkyl halides is 3. The predicted molar refractivity (Wildman–Crippen MR) is 190 cm³/mol. The van der Waals surface area contributed by atoms with Gasteiger partial charge in [-0.15, -0.1) is 5.92 Å². The van der Waals surface area contributed by atoms with E-state index in [4.69, 9.17) is 36.8 Å². The SMILES string of the molecule is C=C1CN2CCC[C@@]2(COc2nc3c(c(N4Cc5c(Cl)c(C(=O)N(C)C)nn5CC[C@H]4C)n2)CO[C@@H](c2c(F)c(N)cc(C#CC)c2C(F)(F)F)C3)C1. The van der Waals surface area contributed by atoms with Gasteiger partial charge in [-0.25, -0.2) is 4.39 Å². The maximum absolute atomic E-state index is 15.8. The monoisotopic (exact) mass is 756 g/mol. The Morgan fingerprint density at radius 1 is 1.26 bits per heavy atom. The van der Waals surface area contributed by atoms with Crippen LogP contribution in [0.15, 0.2) is 18.2 Å². The molecule has 3 atom stereocenters. The molecule has 11 nitrogen and oxygen atoms in total. The highest BCUT2D eigenvalue weighted by Crippen LogP contribution is 2.46. The zero-order valence-corrected chi connectivity index (χ0v) is 30.8. The molecule has 4 aliphatic rings. The van der Waals surface area contributed by atoms with E-state index in [0.29, 0.717) is 35.7 Å². The fourth-order valence-corrected chi connectivity index (χ4v) is 8.41. The highest BCUT2D eigenvalue weighted by atomic mass is 35.5. The number of amides is 1. The first-order valence-electron chi connectivity index (χ1n) is 17.5. The average molecular weight is 757 g/mol. The molecule has 0 aliphatic carbocycles. The molecule has 2 fully saturated rings. The summed E-state index contributed by atoms with van der Waals surface area (Å²) in [5.41, 5.74) is 5.55. The number of hydrogen-bond donors (Lipinski definition) is 1. The van der Waals surface area contributed by atoms with Crippen LogP contribution < -0.4 is 15.4 Å². The van der Waals surface area contributed by atoms with E-state index in [2.05, 4.69) is 28.4 Å². The van der Waals surface area contributed by atoms with Gasteiger partial charge in [-0.2, -0.15) is 28.2 Å². The number of anilines is 2. The third-order valence-corrected chi connectivity index (χ3v) is 11.1. The number of hydrogen-bond acceptors (Lipinski definition) is 9. The summed E-state index contributed by atoms with van der Waals surface area (Å²) >= 11 is 6.82. The molecule has 0 unspecified atom stereocenters. The number of rotatable bonds is 6. The number of nitrogens with two attached hydrogens (primary N) is 1. The van der Waals surface area contributed by atoms with E-state index in [1.54, 1.807) is 18.8 Å². The van der Waals surface area contributed by atoms with Crippen LogP contribution in [0.3, 0.4) is 0 Å². The Morgan fingerprint density at radius 2 is 2.04 bits per heavy atom. The van der Waals surface area contributed by atoms with Gasteiger partial charge >= 0.3 is 12.2 Å². The molecule has 4 aliphatic heterocycles. The van der Waals surface area contributed by atoms with E-state index < -0.39 is 40.5 Å². The van der Waals surface area contributed by atoms with Gasteiger partial charge in [0, 0.05) is 56.3 Å². The Labute approximate surface area is 310 Å². The van der Waals surface area contributed by atoms with Crippen LogP contribution in [0.5, 0.6) is 6.01 Å². The fourth-order valence-electron chi connectivity index (χ4n) is 8.13. The number of fused-ring (bicyclic) bond motifs is 3. The number of ether oxygens (including phenoxy) is 2. The van der Waals surface area contributed by atoms with Gasteiger partial charge in [0.25, 0.3) is 5.91 Å². The molecule has 2 N–H and O–H groups in total. The molecule has 1 aromatic carbocycles. The molecule has 6 heterocycles. The summed E-state index contributed by atoms with van der Waals surface area (Å²) in [6.07, 6.45) is -3.26. The summed E-state index contributed by atoms with van der Waals surface area (Å²) in [4.78, 5) is 28.4. The Hall–Kier alpha value is -4.39. The standard InChI is InChI=1S/C37H41ClF4N8O3/c1-6-8-22-13-24(43)31(39)28(29(22)37(40,41)42)27-14-25-23(18-52-27)33(45-35(44-25)53-19-36-10-7-11-48(36)16-20(2)15-36)49-17-26-30(38)32(34(51)47(4)5)46-50(26)12-9-21(49)3/h13,21,27H,2,7,9-12,14-19,43H2,1,3-5H3/t21-,27-,36+/m1/s1. The maximum Gasteiger partial charge on any atom is 0.418 e. The Morgan fingerprint density at radius 3 is 2.75 bits per heavy atom. The van der Waals surface area contributed by atoms with Gasteiger partial charge in [0.1, 0.15) is 12.4 Å². The number of halogens is 5. The number of aryl methyl sites for hydroxylation is 1. The van der Waals surface area contributed by atoms with Crippen molar-refractivity contribution in [2.45, 2.75) is 89.5 Å². The lowest BCUT2D eigenvalue weighted by Crippen LogP contribution is -2.43. The summed E-state index contributed by atoms with van der Waals surface area (Å²) in [5.74, 6) is 3.80. The highest BCUT2D eigenvalue weighted by molar-refractivity contribution is 6.34. The van der Waals surface area contributed by atoms with Crippen LogP contribution in [0, 0.1) is 17.7 Å². The minimum absolute atomic E-state index is 0.0410. The molecule has 2 saturated heterocycles. The van der Waals surface area contributed by atoms with Crippen LogP contribution in [0.1, 0.15) is 89.8 Å². The second kappa shape index (κ2) is 13.8. The summed E-state index contributed by atoms with van der Waals surface area (Å²) in [5, 5.41) is 4.77. The van der Waals surface area contributed by atoms with Crippen molar-refractivity contribution in [2.24, 2.45) is 0 Å². The van der Waals surface area contributed by atoms with Crippen LogP contribution in [0.25, 0.3) is 0 Å². The summed E-state index contributed by atoms with van der Waals surface area (Å²) in [6.45, 7) is 10.1. The van der Waals surface area contributed by atoms with Crippen molar-refractivity contribution in [2.75, 3.05) is 44.4 Å². The number of aromatic nitrogens is 4. The zero-order valence-electron chi connectivity index (χ0n) is 30.0. The van der Waals surface area contributed by atoms with Gasteiger partial charge in [-0.1, -0.05) is 29.7 Å². The topological polar surface area (TPSA) is 115 Å². The van der Waals surface area contributed by atoms with Crippen LogP contribution >= 0.6 is 11.6 Å². The fraction of sp³-hybridized carbons (Fsp3) is 0.514. The Bertz CT molecular complexity index is 2060. The van der Waals surface area contributed by atoms with Gasteiger partial charge < -0.3 is 25.0 Å². The first-order chi connectivity index (χ1) is 25.1. The highest BCUT2D eigenvalue weighted by Gasteiger charge is 2.47. The quantitative estimate of drug-likeness (QED) is 0.142. The average Bonchev–Trinajstić information content (AvgIpc) is 3.69. The molecular weight excluding hydrogens is 716 g/mol. The molecular formula is C37H41ClF4N8O3. The number of benzene rings is 1. The number of carbonyl (C=O) groups is 1. The number of nitrogens with zero attached hydrogens (tertiary/aromatic N) is 7. The third-order valence-electron chi connectivity index (χ3n) is 10.7. The lowest BCUT2D eigenvalue weighted by molar-refractivity contribution is -0.140. The van der Waals surface area contributed by atoms with Crippen LogP contribution in [0.4, 0.5) is 29.1 Å². The van der Waals surface area contributed by atoms with Gasteiger partial charge in [-0.05, 0) is 52.1 Å². The molecule has 282 valence electrons. The molecule has 0 spiro atoms. The normalized spacial score (nSPS) is 22.8. The van der Waals surface area contributed by atoms with Crippen molar-refractivity contribution in [3.63, 3.8) is 0 Å². The molecule has 0 saturated carbocycles. The second-order valence-corrected chi connectivity index (χ2v) is 14.9. The summed E-state index contributed by atoms with van der Waals surface area (Å²) in [7, 11) is 3.24. The molecule has 2 aromatic heterocycles. The minimum Gasteiger partial charge on any atom is -0.461 e. The first-order valence-corrected chi connectivity index (χ1v) is 17.9. The maximum atomic E-state index is 15.8. The Balaban J connectivity index is 1.32. The molecule has 0 radical (unpaired) electrons. The number of carbonyl (C=O) groups excluding carboxylic acids is 1. The van der Waals surface area contributed by atoms with E-state index in [0.717, 1.165) is 44.0 Å². The lowest BCUT2D eigenvalue weighted by Gasteiger charge is -2.35. The zero-order chi connectivity index (χ0) is 38.0. The minimum atomic E-state index is -4.95. The largest absolute Gasteiger partial charge is 0.461 e. The van der Waals surface area contributed by atoms with Crippen molar-refractivity contribution in [1.29, 1.82) is 0 Å². The number of nitrogen functional groups attached to an aromatic ring is 1. The van der Waals surface area contributed by atoms with Gasteiger partial charge in [0.05, 0.1) is 52.5 Å². The summed E-state index contributed by atoms with van der Waals surface area (Å²) < 4.78 is 74.0. The summed E-state index contributed by atoms with van der Waals surface area (Å²) in [6, 6.07) is 0.809. The van der Waals surface area contributed by atoms with Crippen molar-refractivity contribution in [3.8, 4) is 17.9 Å². The lowest BCUT2D eigenvalue weighted by atomic mass is 9.90. The van der Waals surface area contributed by atoms with Gasteiger partial charge in [0.2, 0.25) is 0 Å². The van der Waals surface area contributed by atoms with Gasteiger partial charge in [-0.3, -0.25) is 14.4 Å². The van der Waals surface area contributed by atoms with Crippen molar-refractivity contribution in [1.82, 2.24) is 29.5 Å².